The van der Waals surface area contributed by atoms with Crippen LogP contribution in [0.5, 0.6) is 0 Å². The molecule has 1 aromatic rings. The monoisotopic (exact) mass is 300 g/mol. The lowest BCUT2D eigenvalue weighted by Crippen LogP contribution is -2.03. The lowest BCUT2D eigenvalue weighted by Gasteiger charge is -2.13. The second-order valence-electron chi connectivity index (χ2n) is 4.18. The molecule has 5 heteroatoms. The Morgan fingerprint density at radius 1 is 0.950 bits per heavy atom. The first kappa shape index (κ1) is 17.5. The molecular formula is C15H24O4S. The van der Waals surface area contributed by atoms with Crippen molar-refractivity contribution in [2.45, 2.75) is 17.6 Å². The van der Waals surface area contributed by atoms with Crippen molar-refractivity contribution in [1.82, 2.24) is 0 Å². The van der Waals surface area contributed by atoms with Crippen LogP contribution < -0.4 is 0 Å². The zero-order valence-electron chi connectivity index (χ0n) is 12.5. The fourth-order valence-electron chi connectivity index (χ4n) is 1.68. The van der Waals surface area contributed by atoms with Gasteiger partial charge in [0, 0.05) is 44.1 Å². The van der Waals surface area contributed by atoms with Crippen molar-refractivity contribution in [2.75, 3.05) is 46.9 Å². The Kier molecular flexibility index (Phi) is 9.70. The SMILES string of the molecule is COCCOCCCSc1ccc(C(OC)OC)cc1. The average Bonchev–Trinajstić information content (AvgIpc) is 2.49. The Hall–Kier alpha value is -0.590. The highest BCUT2D eigenvalue weighted by Gasteiger charge is 2.07. The molecule has 0 heterocycles. The molecule has 0 N–H and O–H groups in total. The maximum Gasteiger partial charge on any atom is 0.183 e. The highest BCUT2D eigenvalue weighted by molar-refractivity contribution is 7.99. The van der Waals surface area contributed by atoms with Crippen molar-refractivity contribution < 1.29 is 18.9 Å². The number of ether oxygens (including phenoxy) is 4. The molecule has 0 bridgehead atoms. The third kappa shape index (κ3) is 6.72. The lowest BCUT2D eigenvalue weighted by atomic mass is 10.2. The molecule has 0 unspecified atom stereocenters. The fourth-order valence-corrected chi connectivity index (χ4v) is 2.51. The van der Waals surface area contributed by atoms with Crippen LogP contribution in [0.2, 0.25) is 0 Å². The minimum absolute atomic E-state index is 0.289. The van der Waals surface area contributed by atoms with Crippen LogP contribution in [0.1, 0.15) is 18.3 Å². The lowest BCUT2D eigenvalue weighted by molar-refractivity contribution is -0.106. The Balaban J connectivity index is 2.21. The molecule has 20 heavy (non-hydrogen) atoms. The van der Waals surface area contributed by atoms with Crippen molar-refractivity contribution in [3.8, 4) is 0 Å². The number of hydrogen-bond acceptors (Lipinski definition) is 5. The van der Waals surface area contributed by atoms with Crippen molar-refractivity contribution >= 4 is 11.8 Å². The Bertz CT molecular complexity index is 338. The van der Waals surface area contributed by atoms with Crippen LogP contribution in [0.4, 0.5) is 0 Å². The maximum atomic E-state index is 5.42. The minimum Gasteiger partial charge on any atom is -0.382 e. The van der Waals surface area contributed by atoms with E-state index in [9.17, 15) is 0 Å². The van der Waals surface area contributed by atoms with Crippen molar-refractivity contribution in [2.24, 2.45) is 0 Å². The third-order valence-electron chi connectivity index (χ3n) is 2.71. The molecule has 4 nitrogen and oxygen atoms in total. The Morgan fingerprint density at radius 2 is 1.65 bits per heavy atom. The summed E-state index contributed by atoms with van der Waals surface area (Å²) in [6.45, 7) is 2.12. The standard InChI is InChI=1S/C15H24O4S/c1-16-10-11-19-9-4-12-20-14-7-5-13(6-8-14)15(17-2)18-3/h5-8,15H,4,9-12H2,1-3H3. The van der Waals surface area contributed by atoms with E-state index >= 15 is 0 Å². The van der Waals surface area contributed by atoms with Gasteiger partial charge in [-0.3, -0.25) is 0 Å². The molecule has 0 saturated carbocycles. The van der Waals surface area contributed by atoms with Crippen molar-refractivity contribution in [3.05, 3.63) is 29.8 Å². The van der Waals surface area contributed by atoms with Gasteiger partial charge in [0.05, 0.1) is 13.2 Å². The van der Waals surface area contributed by atoms with E-state index in [2.05, 4.69) is 12.1 Å². The predicted octanol–water partition coefficient (Wildman–Crippen LogP) is 3.12. The van der Waals surface area contributed by atoms with E-state index in [0.717, 1.165) is 24.3 Å². The number of methoxy groups -OCH3 is 3. The zero-order valence-corrected chi connectivity index (χ0v) is 13.3. The van der Waals surface area contributed by atoms with E-state index < -0.39 is 0 Å². The summed E-state index contributed by atoms with van der Waals surface area (Å²) in [4.78, 5) is 1.25. The van der Waals surface area contributed by atoms with Gasteiger partial charge in [0.1, 0.15) is 0 Å². The third-order valence-corrected chi connectivity index (χ3v) is 3.81. The van der Waals surface area contributed by atoms with Crippen LogP contribution in [-0.4, -0.2) is 46.9 Å². The second kappa shape index (κ2) is 11.1. The van der Waals surface area contributed by atoms with Gasteiger partial charge < -0.3 is 18.9 Å². The Labute approximate surface area is 125 Å². The molecule has 1 aromatic carbocycles. The van der Waals surface area contributed by atoms with E-state index in [0.29, 0.717) is 13.2 Å². The largest absolute Gasteiger partial charge is 0.382 e. The van der Waals surface area contributed by atoms with Gasteiger partial charge >= 0.3 is 0 Å². The van der Waals surface area contributed by atoms with E-state index in [1.54, 1.807) is 21.3 Å². The summed E-state index contributed by atoms with van der Waals surface area (Å²) in [7, 11) is 4.96. The maximum absolute atomic E-state index is 5.42. The van der Waals surface area contributed by atoms with Crippen LogP contribution >= 0.6 is 11.8 Å². The topological polar surface area (TPSA) is 36.9 Å². The smallest absolute Gasteiger partial charge is 0.183 e. The summed E-state index contributed by atoms with van der Waals surface area (Å²) >= 11 is 1.83. The number of rotatable bonds is 11. The quantitative estimate of drug-likeness (QED) is 0.356. The molecule has 0 aliphatic carbocycles. The molecule has 0 aliphatic heterocycles. The van der Waals surface area contributed by atoms with Gasteiger partial charge in [-0.25, -0.2) is 0 Å². The van der Waals surface area contributed by atoms with E-state index in [-0.39, 0.29) is 6.29 Å². The Morgan fingerprint density at radius 3 is 2.25 bits per heavy atom. The molecule has 114 valence electrons. The van der Waals surface area contributed by atoms with Crippen LogP contribution in [0.15, 0.2) is 29.2 Å². The van der Waals surface area contributed by atoms with Crippen LogP contribution in [-0.2, 0) is 18.9 Å². The second-order valence-corrected chi connectivity index (χ2v) is 5.35. The molecule has 0 radical (unpaired) electrons. The predicted molar refractivity (Wildman–Crippen MR) is 81.2 cm³/mol. The molecule has 0 aliphatic rings. The van der Waals surface area contributed by atoms with Gasteiger partial charge in [0.25, 0.3) is 0 Å². The number of thioether (sulfide) groups is 1. The summed E-state index contributed by atoms with van der Waals surface area (Å²) in [5, 5.41) is 0. The zero-order chi connectivity index (χ0) is 14.6. The molecular weight excluding hydrogens is 276 g/mol. The molecule has 0 amide bonds. The molecule has 0 aromatic heterocycles. The molecule has 1 rings (SSSR count). The summed E-state index contributed by atoms with van der Waals surface area (Å²) in [5.41, 5.74) is 1.03. The minimum atomic E-state index is -0.289. The highest BCUT2D eigenvalue weighted by atomic mass is 32.2. The molecule has 0 saturated heterocycles. The van der Waals surface area contributed by atoms with E-state index in [1.165, 1.54) is 4.90 Å². The molecule has 0 spiro atoms. The summed E-state index contributed by atoms with van der Waals surface area (Å²) in [5.74, 6) is 1.05. The number of benzene rings is 1. The van der Waals surface area contributed by atoms with Gasteiger partial charge in [-0.15, -0.1) is 11.8 Å². The molecule has 0 atom stereocenters. The fraction of sp³-hybridized carbons (Fsp3) is 0.600. The van der Waals surface area contributed by atoms with Gasteiger partial charge in [-0.2, -0.15) is 0 Å². The number of hydrogen-bond donors (Lipinski definition) is 0. The summed E-state index contributed by atoms with van der Waals surface area (Å²) in [6.07, 6.45) is 0.748. The summed E-state index contributed by atoms with van der Waals surface area (Å²) < 4.78 is 20.8. The van der Waals surface area contributed by atoms with Crippen molar-refractivity contribution in [3.63, 3.8) is 0 Å². The average molecular weight is 300 g/mol. The summed E-state index contributed by atoms with van der Waals surface area (Å²) in [6, 6.07) is 8.26. The van der Waals surface area contributed by atoms with Gasteiger partial charge in [0.2, 0.25) is 0 Å². The van der Waals surface area contributed by atoms with Crippen LogP contribution in [0.3, 0.4) is 0 Å². The van der Waals surface area contributed by atoms with E-state index in [4.69, 9.17) is 18.9 Å². The van der Waals surface area contributed by atoms with Crippen LogP contribution in [0.25, 0.3) is 0 Å². The first-order valence-corrected chi connectivity index (χ1v) is 7.65. The normalized spacial score (nSPS) is 11.2. The van der Waals surface area contributed by atoms with Gasteiger partial charge in [-0.1, -0.05) is 12.1 Å². The molecule has 0 fully saturated rings. The van der Waals surface area contributed by atoms with Gasteiger partial charge in [-0.05, 0) is 18.6 Å². The first-order chi connectivity index (χ1) is 9.81. The van der Waals surface area contributed by atoms with E-state index in [1.807, 2.05) is 23.9 Å². The van der Waals surface area contributed by atoms with Crippen molar-refractivity contribution in [1.29, 1.82) is 0 Å². The first-order valence-electron chi connectivity index (χ1n) is 6.67. The van der Waals surface area contributed by atoms with Crippen LogP contribution in [0, 0.1) is 0 Å². The highest BCUT2D eigenvalue weighted by Crippen LogP contribution is 2.23. The van der Waals surface area contributed by atoms with Gasteiger partial charge in [0.15, 0.2) is 6.29 Å².